The SMILES string of the molecule is COc1ccc(OC)c(C(N)Cc2cccc(Cl)c2F)c1. The summed E-state index contributed by atoms with van der Waals surface area (Å²) in [6, 6.07) is 9.83. The Morgan fingerprint density at radius 2 is 1.95 bits per heavy atom. The van der Waals surface area contributed by atoms with Gasteiger partial charge in [-0.25, -0.2) is 4.39 Å². The van der Waals surface area contributed by atoms with Crippen LogP contribution in [0.25, 0.3) is 0 Å². The quantitative estimate of drug-likeness (QED) is 0.915. The zero-order valence-electron chi connectivity index (χ0n) is 11.9. The molecule has 3 nitrogen and oxygen atoms in total. The van der Waals surface area contributed by atoms with E-state index < -0.39 is 11.9 Å². The summed E-state index contributed by atoms with van der Waals surface area (Å²) in [5.41, 5.74) is 7.43. The molecule has 21 heavy (non-hydrogen) atoms. The molecule has 5 heteroatoms. The van der Waals surface area contributed by atoms with Crippen LogP contribution in [0.2, 0.25) is 5.02 Å². The molecular formula is C16H17ClFNO2. The van der Waals surface area contributed by atoms with Crippen LogP contribution in [0.5, 0.6) is 11.5 Å². The van der Waals surface area contributed by atoms with E-state index >= 15 is 0 Å². The van der Waals surface area contributed by atoms with Crippen molar-refractivity contribution in [1.82, 2.24) is 0 Å². The first-order chi connectivity index (χ1) is 10.1. The highest BCUT2D eigenvalue weighted by Gasteiger charge is 2.16. The van der Waals surface area contributed by atoms with Gasteiger partial charge in [-0.05, 0) is 36.2 Å². The average molecular weight is 310 g/mol. The Morgan fingerprint density at radius 3 is 2.62 bits per heavy atom. The molecule has 2 N–H and O–H groups in total. The fourth-order valence-electron chi connectivity index (χ4n) is 2.18. The van der Waals surface area contributed by atoms with Crippen LogP contribution < -0.4 is 15.2 Å². The third-order valence-corrected chi connectivity index (χ3v) is 3.60. The summed E-state index contributed by atoms with van der Waals surface area (Å²) >= 11 is 5.79. The molecule has 2 aromatic rings. The summed E-state index contributed by atoms with van der Waals surface area (Å²) in [7, 11) is 3.14. The second-order valence-electron chi connectivity index (χ2n) is 4.63. The predicted molar refractivity (Wildman–Crippen MR) is 81.6 cm³/mol. The summed E-state index contributed by atoms with van der Waals surface area (Å²) in [5, 5.41) is 0.0947. The summed E-state index contributed by atoms with van der Waals surface area (Å²) in [5.74, 6) is 0.884. The lowest BCUT2D eigenvalue weighted by atomic mass is 9.98. The van der Waals surface area contributed by atoms with Gasteiger partial charge in [-0.2, -0.15) is 0 Å². The van der Waals surface area contributed by atoms with Gasteiger partial charge >= 0.3 is 0 Å². The lowest BCUT2D eigenvalue weighted by Crippen LogP contribution is -2.15. The number of hydrogen-bond acceptors (Lipinski definition) is 3. The van der Waals surface area contributed by atoms with Crippen molar-refractivity contribution in [1.29, 1.82) is 0 Å². The van der Waals surface area contributed by atoms with Crippen LogP contribution in [0.1, 0.15) is 17.2 Å². The van der Waals surface area contributed by atoms with Crippen LogP contribution >= 0.6 is 11.6 Å². The van der Waals surface area contributed by atoms with E-state index in [-0.39, 0.29) is 5.02 Å². The largest absolute Gasteiger partial charge is 0.497 e. The number of ether oxygens (including phenoxy) is 2. The van der Waals surface area contributed by atoms with Gasteiger partial charge < -0.3 is 15.2 Å². The molecule has 2 aromatic carbocycles. The number of benzene rings is 2. The molecule has 0 saturated heterocycles. The van der Waals surface area contributed by atoms with E-state index in [1.165, 1.54) is 6.07 Å². The van der Waals surface area contributed by atoms with Crippen LogP contribution in [0.15, 0.2) is 36.4 Å². The van der Waals surface area contributed by atoms with Crippen LogP contribution in [-0.2, 0) is 6.42 Å². The molecule has 0 bridgehead atoms. The van der Waals surface area contributed by atoms with Crippen molar-refractivity contribution in [3.05, 3.63) is 58.4 Å². The zero-order valence-corrected chi connectivity index (χ0v) is 12.7. The van der Waals surface area contributed by atoms with Gasteiger partial charge in [-0.15, -0.1) is 0 Å². The highest BCUT2D eigenvalue weighted by atomic mass is 35.5. The first-order valence-corrected chi connectivity index (χ1v) is 6.85. The number of methoxy groups -OCH3 is 2. The Labute approximate surface area is 128 Å². The second-order valence-corrected chi connectivity index (χ2v) is 5.04. The number of halogens is 2. The molecule has 0 saturated carbocycles. The zero-order chi connectivity index (χ0) is 15.4. The van der Waals surface area contributed by atoms with Crippen molar-refractivity contribution < 1.29 is 13.9 Å². The van der Waals surface area contributed by atoms with Gasteiger partial charge in [0, 0.05) is 11.6 Å². The Balaban J connectivity index is 2.31. The molecule has 0 radical (unpaired) electrons. The molecule has 1 atom stereocenters. The van der Waals surface area contributed by atoms with Gasteiger partial charge in [0.1, 0.15) is 17.3 Å². The minimum atomic E-state index is -0.434. The molecule has 0 aliphatic carbocycles. The third kappa shape index (κ3) is 3.46. The molecular weight excluding hydrogens is 293 g/mol. The topological polar surface area (TPSA) is 44.5 Å². The van der Waals surface area contributed by atoms with Gasteiger partial charge in [-0.1, -0.05) is 23.7 Å². The molecule has 112 valence electrons. The van der Waals surface area contributed by atoms with Crippen LogP contribution in [0.4, 0.5) is 4.39 Å². The number of nitrogens with two attached hydrogens (primary N) is 1. The summed E-state index contributed by atoms with van der Waals surface area (Å²) in [6.07, 6.45) is 0.315. The Morgan fingerprint density at radius 1 is 1.19 bits per heavy atom. The lowest BCUT2D eigenvalue weighted by molar-refractivity contribution is 0.395. The van der Waals surface area contributed by atoms with Crippen LogP contribution in [0, 0.1) is 5.82 Å². The van der Waals surface area contributed by atoms with Crippen molar-refractivity contribution in [2.75, 3.05) is 14.2 Å². The Bertz CT molecular complexity index is 634. The average Bonchev–Trinajstić information content (AvgIpc) is 2.51. The normalized spacial score (nSPS) is 12.0. The molecule has 0 spiro atoms. The minimum Gasteiger partial charge on any atom is -0.497 e. The molecule has 2 rings (SSSR count). The Hall–Kier alpha value is -1.78. The summed E-state index contributed by atoms with van der Waals surface area (Å²) in [4.78, 5) is 0. The van der Waals surface area contributed by atoms with E-state index in [1.54, 1.807) is 44.6 Å². The maximum absolute atomic E-state index is 14.0. The summed E-state index contributed by atoms with van der Waals surface area (Å²) in [6.45, 7) is 0. The fraction of sp³-hybridized carbons (Fsp3) is 0.250. The highest BCUT2D eigenvalue weighted by Crippen LogP contribution is 2.31. The van der Waals surface area contributed by atoms with Gasteiger partial charge in [0.05, 0.1) is 19.2 Å². The van der Waals surface area contributed by atoms with Crippen molar-refractivity contribution in [3.63, 3.8) is 0 Å². The van der Waals surface area contributed by atoms with Crippen molar-refractivity contribution >= 4 is 11.6 Å². The first kappa shape index (κ1) is 15.6. The first-order valence-electron chi connectivity index (χ1n) is 6.47. The minimum absolute atomic E-state index is 0.0947. The van der Waals surface area contributed by atoms with Gasteiger partial charge in [0.25, 0.3) is 0 Å². The van der Waals surface area contributed by atoms with Gasteiger partial charge in [-0.3, -0.25) is 0 Å². The smallest absolute Gasteiger partial charge is 0.145 e. The van der Waals surface area contributed by atoms with E-state index in [0.717, 1.165) is 5.56 Å². The Kier molecular flexibility index (Phi) is 5.04. The van der Waals surface area contributed by atoms with Crippen molar-refractivity contribution in [3.8, 4) is 11.5 Å². The van der Waals surface area contributed by atoms with Crippen LogP contribution in [-0.4, -0.2) is 14.2 Å². The van der Waals surface area contributed by atoms with E-state index in [9.17, 15) is 4.39 Å². The maximum atomic E-state index is 14.0. The monoisotopic (exact) mass is 309 g/mol. The van der Waals surface area contributed by atoms with E-state index in [0.29, 0.717) is 23.5 Å². The van der Waals surface area contributed by atoms with Crippen molar-refractivity contribution in [2.24, 2.45) is 5.73 Å². The lowest BCUT2D eigenvalue weighted by Gasteiger charge is -2.17. The molecule has 0 aliphatic heterocycles. The number of rotatable bonds is 5. The predicted octanol–water partition coefficient (Wildman–Crippen LogP) is 3.74. The molecule has 0 heterocycles. The molecule has 0 amide bonds. The molecule has 0 aliphatic rings. The van der Waals surface area contributed by atoms with E-state index in [2.05, 4.69) is 0 Å². The standard InChI is InChI=1S/C16H17ClFNO2/c1-20-11-6-7-15(21-2)12(9-11)14(19)8-10-4-3-5-13(17)16(10)18/h3-7,9,14H,8,19H2,1-2H3. The molecule has 0 aromatic heterocycles. The summed E-state index contributed by atoms with van der Waals surface area (Å²) < 4.78 is 24.5. The third-order valence-electron chi connectivity index (χ3n) is 3.31. The fourth-order valence-corrected chi connectivity index (χ4v) is 2.38. The molecule has 1 unspecified atom stereocenters. The second kappa shape index (κ2) is 6.78. The van der Waals surface area contributed by atoms with Crippen LogP contribution in [0.3, 0.4) is 0 Å². The van der Waals surface area contributed by atoms with Gasteiger partial charge in [0.2, 0.25) is 0 Å². The highest BCUT2D eigenvalue weighted by molar-refractivity contribution is 6.30. The maximum Gasteiger partial charge on any atom is 0.145 e. The van der Waals surface area contributed by atoms with E-state index in [1.807, 2.05) is 0 Å². The van der Waals surface area contributed by atoms with E-state index in [4.69, 9.17) is 26.8 Å². The van der Waals surface area contributed by atoms with Gasteiger partial charge in [0.15, 0.2) is 0 Å². The molecule has 0 fully saturated rings. The number of hydrogen-bond donors (Lipinski definition) is 1. The van der Waals surface area contributed by atoms with Crippen molar-refractivity contribution in [2.45, 2.75) is 12.5 Å².